The zero-order chi connectivity index (χ0) is 21.9. The topological polar surface area (TPSA) is 66.5 Å². The second kappa shape index (κ2) is 7.81. The molecule has 1 unspecified atom stereocenters. The van der Waals surface area contributed by atoms with E-state index in [-0.39, 0.29) is 17.4 Å². The van der Waals surface area contributed by atoms with Gasteiger partial charge in [0.25, 0.3) is 10.0 Å². The number of nitrogens with zero attached hydrogens (tertiary/aromatic N) is 1. The van der Waals surface area contributed by atoms with Crippen LogP contribution in [0.25, 0.3) is 10.1 Å². The first-order valence-corrected chi connectivity index (χ1v) is 14.5. The van der Waals surface area contributed by atoms with E-state index in [2.05, 4.69) is 5.32 Å². The summed E-state index contributed by atoms with van der Waals surface area (Å²) in [6.45, 7) is 0.971. The molecule has 1 aromatic carbocycles. The Morgan fingerprint density at radius 1 is 1.06 bits per heavy atom. The Kier molecular flexibility index (Phi) is 5.15. The highest BCUT2D eigenvalue weighted by molar-refractivity contribution is 7.91. The maximum Gasteiger partial charge on any atom is 0.252 e. The zero-order valence-electron chi connectivity index (χ0n) is 18.5. The number of fused-ring (bicyclic) bond motifs is 1. The van der Waals surface area contributed by atoms with E-state index in [0.29, 0.717) is 17.3 Å². The fraction of sp³-hybridized carbons (Fsp3) is 0.640. The Labute approximate surface area is 194 Å². The highest BCUT2D eigenvalue weighted by atomic mass is 32.2. The highest BCUT2D eigenvalue weighted by Gasteiger charge is 2.54. The SMILES string of the molecule is O=C(NCC1CCCCN1S(=O)(=O)c1cc2ccccc2s1)C12CC3CC(CC(C3)C1)C2. The van der Waals surface area contributed by atoms with Crippen molar-refractivity contribution in [3.8, 4) is 0 Å². The smallest absolute Gasteiger partial charge is 0.252 e. The molecule has 1 aromatic heterocycles. The van der Waals surface area contributed by atoms with Crippen LogP contribution in [-0.4, -0.2) is 37.8 Å². The van der Waals surface area contributed by atoms with E-state index >= 15 is 0 Å². The van der Waals surface area contributed by atoms with Gasteiger partial charge in [-0.1, -0.05) is 24.6 Å². The lowest BCUT2D eigenvalue weighted by atomic mass is 9.49. The van der Waals surface area contributed by atoms with Gasteiger partial charge in [0, 0.05) is 29.2 Å². The minimum absolute atomic E-state index is 0.156. The first kappa shape index (κ1) is 21.1. The summed E-state index contributed by atoms with van der Waals surface area (Å²) in [6.07, 6.45) is 9.77. The molecule has 1 amide bonds. The van der Waals surface area contributed by atoms with E-state index in [4.69, 9.17) is 0 Å². The van der Waals surface area contributed by atoms with Gasteiger partial charge in [0.05, 0.1) is 0 Å². The van der Waals surface area contributed by atoms with Gasteiger partial charge < -0.3 is 5.32 Å². The van der Waals surface area contributed by atoms with Gasteiger partial charge in [-0.25, -0.2) is 8.42 Å². The van der Waals surface area contributed by atoms with Gasteiger partial charge >= 0.3 is 0 Å². The van der Waals surface area contributed by atoms with Crippen LogP contribution in [0, 0.1) is 23.2 Å². The van der Waals surface area contributed by atoms with Crippen LogP contribution in [0.1, 0.15) is 57.8 Å². The molecule has 2 aromatic rings. The molecule has 4 bridgehead atoms. The van der Waals surface area contributed by atoms with Crippen molar-refractivity contribution in [2.24, 2.45) is 23.2 Å². The number of carbonyl (C=O) groups is 1. The third kappa shape index (κ3) is 3.51. The summed E-state index contributed by atoms with van der Waals surface area (Å²) >= 11 is 1.35. The molecule has 0 radical (unpaired) electrons. The third-order valence-electron chi connectivity index (χ3n) is 8.56. The molecule has 7 heteroatoms. The van der Waals surface area contributed by atoms with Crippen LogP contribution in [0.3, 0.4) is 0 Å². The molecular weight excluding hydrogens is 440 g/mol. The molecule has 5 nitrogen and oxygen atoms in total. The summed E-state index contributed by atoms with van der Waals surface area (Å²) in [5.74, 6) is 2.38. The molecule has 4 aliphatic carbocycles. The number of carbonyl (C=O) groups excluding carboxylic acids is 1. The molecular formula is C25H32N2O3S2. The Morgan fingerprint density at radius 2 is 1.75 bits per heavy atom. The molecule has 4 saturated carbocycles. The number of amides is 1. The molecule has 1 atom stereocenters. The average Bonchev–Trinajstić information content (AvgIpc) is 3.22. The number of hydrogen-bond donors (Lipinski definition) is 1. The van der Waals surface area contributed by atoms with Gasteiger partial charge in [0.1, 0.15) is 4.21 Å². The van der Waals surface area contributed by atoms with E-state index in [1.807, 2.05) is 24.3 Å². The summed E-state index contributed by atoms with van der Waals surface area (Å²) in [6, 6.07) is 9.46. The Morgan fingerprint density at radius 3 is 2.44 bits per heavy atom. The van der Waals surface area contributed by atoms with E-state index in [0.717, 1.165) is 66.4 Å². The van der Waals surface area contributed by atoms with Gasteiger partial charge in [0.15, 0.2) is 0 Å². The molecule has 172 valence electrons. The molecule has 7 rings (SSSR count). The molecule has 5 aliphatic rings. The Hall–Kier alpha value is -1.44. The average molecular weight is 473 g/mol. The molecule has 1 saturated heterocycles. The van der Waals surface area contributed by atoms with Crippen molar-refractivity contribution in [2.45, 2.75) is 68.0 Å². The number of rotatable bonds is 5. The van der Waals surface area contributed by atoms with Crippen LogP contribution in [0.5, 0.6) is 0 Å². The van der Waals surface area contributed by atoms with Crippen LogP contribution in [0.2, 0.25) is 0 Å². The van der Waals surface area contributed by atoms with E-state index < -0.39 is 10.0 Å². The van der Waals surface area contributed by atoms with Crippen molar-refractivity contribution < 1.29 is 13.2 Å². The second-order valence-electron chi connectivity index (χ2n) is 10.8. The number of thiophene rings is 1. The molecule has 1 aliphatic heterocycles. The van der Waals surface area contributed by atoms with Crippen molar-refractivity contribution >= 4 is 37.4 Å². The van der Waals surface area contributed by atoms with Crippen molar-refractivity contribution in [3.63, 3.8) is 0 Å². The standard InChI is InChI=1S/C25H32N2O3S2/c28-24(25-13-17-9-18(14-25)11-19(10-17)15-25)26-16-21-6-3-4-8-27(21)32(29,30)23-12-20-5-1-2-7-22(20)31-23/h1-2,5,7,12,17-19,21H,3-4,6,8-11,13-16H2,(H,26,28). The second-order valence-corrected chi connectivity index (χ2v) is 14.0. The van der Waals surface area contributed by atoms with Crippen LogP contribution < -0.4 is 5.32 Å². The highest BCUT2D eigenvalue weighted by Crippen LogP contribution is 2.60. The number of piperidine rings is 1. The number of hydrogen-bond acceptors (Lipinski definition) is 4. The monoisotopic (exact) mass is 472 g/mol. The Bertz CT molecular complexity index is 1070. The minimum Gasteiger partial charge on any atom is -0.354 e. The van der Waals surface area contributed by atoms with Gasteiger partial charge in [-0.15, -0.1) is 11.3 Å². The number of benzene rings is 1. The van der Waals surface area contributed by atoms with E-state index in [1.165, 1.54) is 30.6 Å². The van der Waals surface area contributed by atoms with Crippen molar-refractivity contribution in [1.82, 2.24) is 9.62 Å². The summed E-state index contributed by atoms with van der Waals surface area (Å²) in [5, 5.41) is 4.22. The normalized spacial score (nSPS) is 34.8. The molecule has 5 fully saturated rings. The zero-order valence-corrected chi connectivity index (χ0v) is 20.1. The summed E-state index contributed by atoms with van der Waals surface area (Å²) in [4.78, 5) is 13.4. The molecule has 2 heterocycles. The lowest BCUT2D eigenvalue weighted by Gasteiger charge is -2.55. The predicted molar refractivity (Wildman–Crippen MR) is 127 cm³/mol. The summed E-state index contributed by atoms with van der Waals surface area (Å²) < 4.78 is 30.2. The lowest BCUT2D eigenvalue weighted by molar-refractivity contribution is -0.146. The quantitative estimate of drug-likeness (QED) is 0.681. The van der Waals surface area contributed by atoms with Gasteiger partial charge in [0.2, 0.25) is 5.91 Å². The molecule has 0 spiro atoms. The molecule has 1 N–H and O–H groups in total. The van der Waals surface area contributed by atoms with Gasteiger partial charge in [-0.05, 0) is 86.6 Å². The third-order valence-corrected chi connectivity index (χ3v) is 12.1. The fourth-order valence-corrected chi connectivity index (χ4v) is 10.7. The maximum absolute atomic E-state index is 13.6. The first-order valence-electron chi connectivity index (χ1n) is 12.2. The van der Waals surface area contributed by atoms with Crippen molar-refractivity contribution in [3.05, 3.63) is 30.3 Å². The van der Waals surface area contributed by atoms with Crippen LogP contribution in [-0.2, 0) is 14.8 Å². The number of nitrogens with one attached hydrogen (secondary N) is 1. The van der Waals surface area contributed by atoms with Crippen LogP contribution >= 0.6 is 11.3 Å². The fourth-order valence-electron chi connectivity index (χ4n) is 7.48. The van der Waals surface area contributed by atoms with Gasteiger partial charge in [-0.3, -0.25) is 4.79 Å². The van der Waals surface area contributed by atoms with Crippen LogP contribution in [0.4, 0.5) is 0 Å². The summed E-state index contributed by atoms with van der Waals surface area (Å²) in [5.41, 5.74) is -0.182. The van der Waals surface area contributed by atoms with Gasteiger partial charge in [-0.2, -0.15) is 4.31 Å². The van der Waals surface area contributed by atoms with E-state index in [9.17, 15) is 13.2 Å². The Balaban J connectivity index is 1.19. The van der Waals surface area contributed by atoms with E-state index in [1.54, 1.807) is 10.4 Å². The largest absolute Gasteiger partial charge is 0.354 e. The minimum atomic E-state index is -3.57. The predicted octanol–water partition coefficient (Wildman–Crippen LogP) is 4.78. The van der Waals surface area contributed by atoms with Crippen molar-refractivity contribution in [1.29, 1.82) is 0 Å². The summed E-state index contributed by atoms with van der Waals surface area (Å²) in [7, 11) is -3.57. The number of sulfonamides is 1. The maximum atomic E-state index is 13.6. The van der Waals surface area contributed by atoms with Crippen molar-refractivity contribution in [2.75, 3.05) is 13.1 Å². The first-order chi connectivity index (χ1) is 15.4. The lowest BCUT2D eigenvalue weighted by Crippen LogP contribution is -2.56. The molecule has 32 heavy (non-hydrogen) atoms. The van der Waals surface area contributed by atoms with Crippen LogP contribution in [0.15, 0.2) is 34.5 Å².